The third kappa shape index (κ3) is 4.48. The van der Waals surface area contributed by atoms with E-state index in [9.17, 15) is 4.79 Å². The first-order valence-electron chi connectivity index (χ1n) is 7.34. The summed E-state index contributed by atoms with van der Waals surface area (Å²) in [4.78, 5) is 13.9. The van der Waals surface area contributed by atoms with Crippen molar-refractivity contribution in [2.45, 2.75) is 39.8 Å². The van der Waals surface area contributed by atoms with Crippen LogP contribution in [0.25, 0.3) is 6.08 Å². The van der Waals surface area contributed by atoms with Crippen LogP contribution in [0.4, 0.5) is 0 Å². The van der Waals surface area contributed by atoms with Crippen molar-refractivity contribution in [3.63, 3.8) is 0 Å². The molecule has 1 atom stereocenters. The lowest BCUT2D eigenvalue weighted by Gasteiger charge is -2.12. The lowest BCUT2D eigenvalue weighted by atomic mass is 10.2. The molecule has 0 aromatic carbocycles. The van der Waals surface area contributed by atoms with Crippen LogP contribution in [-0.2, 0) is 11.3 Å². The zero-order valence-electron chi connectivity index (χ0n) is 13.3. The molecule has 1 aromatic rings. The number of rotatable bonds is 4. The van der Waals surface area contributed by atoms with Gasteiger partial charge in [0, 0.05) is 37.3 Å². The number of halogens is 2. The van der Waals surface area contributed by atoms with Crippen molar-refractivity contribution in [1.82, 2.24) is 14.7 Å². The summed E-state index contributed by atoms with van der Waals surface area (Å²) in [5.74, 6) is 0.446. The number of likely N-dealkylation sites (tertiary alicyclic amines) is 1. The second-order valence-corrected chi connectivity index (χ2v) is 6.39. The number of nitrogens with zero attached hydrogens (tertiary/aromatic N) is 3. The molecule has 7 heteroatoms. The Morgan fingerprint density at radius 1 is 1.55 bits per heavy atom. The number of aryl methyl sites for hydroxylation is 1. The van der Waals surface area contributed by atoms with E-state index in [1.807, 2.05) is 6.92 Å². The first kappa shape index (κ1) is 19.0. The first-order valence-corrected chi connectivity index (χ1v) is 7.71. The van der Waals surface area contributed by atoms with Gasteiger partial charge >= 0.3 is 0 Å². The van der Waals surface area contributed by atoms with Crippen LogP contribution in [0.1, 0.15) is 31.5 Å². The van der Waals surface area contributed by atoms with E-state index < -0.39 is 0 Å². The minimum atomic E-state index is -0.0185. The fraction of sp³-hybridized carbons (Fsp3) is 0.600. The molecule has 1 saturated heterocycles. The van der Waals surface area contributed by atoms with E-state index in [0.717, 1.165) is 30.8 Å². The van der Waals surface area contributed by atoms with Crippen molar-refractivity contribution in [2.75, 3.05) is 13.1 Å². The number of hydrogen-bond acceptors (Lipinski definition) is 3. The number of nitrogens with two attached hydrogens (primary N) is 1. The fourth-order valence-electron chi connectivity index (χ4n) is 2.47. The van der Waals surface area contributed by atoms with Gasteiger partial charge in [-0.1, -0.05) is 25.4 Å². The van der Waals surface area contributed by atoms with Gasteiger partial charge in [0.05, 0.1) is 5.69 Å². The van der Waals surface area contributed by atoms with Crippen molar-refractivity contribution in [3.05, 3.63) is 22.5 Å². The van der Waals surface area contributed by atoms with E-state index >= 15 is 0 Å². The minimum absolute atomic E-state index is 0. The minimum Gasteiger partial charge on any atom is -0.338 e. The monoisotopic (exact) mass is 346 g/mol. The molecule has 1 fully saturated rings. The number of amides is 1. The van der Waals surface area contributed by atoms with Gasteiger partial charge in [0.25, 0.3) is 0 Å². The maximum atomic E-state index is 12.1. The SMILES string of the molecule is Cc1nn(CC(C)C)c(Cl)c1C=CC(=O)N1CC[C@@H](N)C1.Cl. The van der Waals surface area contributed by atoms with Gasteiger partial charge in [-0.2, -0.15) is 5.10 Å². The summed E-state index contributed by atoms with van der Waals surface area (Å²) < 4.78 is 1.79. The average Bonchev–Trinajstić information content (AvgIpc) is 2.93. The summed E-state index contributed by atoms with van der Waals surface area (Å²) in [6, 6.07) is 0.0986. The number of aromatic nitrogens is 2. The molecule has 22 heavy (non-hydrogen) atoms. The van der Waals surface area contributed by atoms with E-state index in [2.05, 4.69) is 18.9 Å². The van der Waals surface area contributed by atoms with E-state index in [1.165, 1.54) is 0 Å². The first-order chi connectivity index (χ1) is 9.88. The van der Waals surface area contributed by atoms with Crippen LogP contribution in [-0.4, -0.2) is 39.7 Å². The predicted octanol–water partition coefficient (Wildman–Crippen LogP) is 2.50. The lowest BCUT2D eigenvalue weighted by molar-refractivity contribution is -0.124. The molecular weight excluding hydrogens is 323 g/mol. The fourth-order valence-corrected chi connectivity index (χ4v) is 2.78. The molecule has 0 unspecified atom stereocenters. The molecule has 5 nitrogen and oxygen atoms in total. The Labute approximate surface area is 142 Å². The molecule has 0 saturated carbocycles. The predicted molar refractivity (Wildman–Crippen MR) is 92.3 cm³/mol. The molecular formula is C15H24Cl2N4O. The lowest BCUT2D eigenvalue weighted by Crippen LogP contribution is -2.30. The molecule has 0 spiro atoms. The van der Waals surface area contributed by atoms with E-state index in [1.54, 1.807) is 21.7 Å². The second-order valence-electron chi connectivity index (χ2n) is 6.03. The molecule has 1 amide bonds. The van der Waals surface area contributed by atoms with Crippen LogP contribution in [0.3, 0.4) is 0 Å². The molecule has 0 bridgehead atoms. The van der Waals surface area contributed by atoms with Crippen LogP contribution in [0, 0.1) is 12.8 Å². The van der Waals surface area contributed by atoms with E-state index in [0.29, 0.717) is 17.6 Å². The number of carbonyl (C=O) groups is 1. The Morgan fingerprint density at radius 3 is 2.77 bits per heavy atom. The van der Waals surface area contributed by atoms with Crippen molar-refractivity contribution < 1.29 is 4.79 Å². The molecule has 2 rings (SSSR count). The molecule has 1 aliphatic rings. The van der Waals surface area contributed by atoms with Crippen molar-refractivity contribution >= 4 is 36.0 Å². The molecule has 0 aliphatic carbocycles. The van der Waals surface area contributed by atoms with Crippen LogP contribution < -0.4 is 5.73 Å². The standard InChI is InChI=1S/C15H23ClN4O.ClH/c1-10(2)8-20-15(16)13(11(3)18-20)4-5-14(21)19-7-6-12(17)9-19;/h4-5,10,12H,6-9,17H2,1-3H3;1H/t12-;/m1./s1. The van der Waals surface area contributed by atoms with Crippen LogP contribution in [0.15, 0.2) is 6.08 Å². The van der Waals surface area contributed by atoms with Gasteiger partial charge in [0.2, 0.25) is 5.91 Å². The third-order valence-corrected chi connectivity index (χ3v) is 3.98. The quantitative estimate of drug-likeness (QED) is 0.851. The topological polar surface area (TPSA) is 64.2 Å². The van der Waals surface area contributed by atoms with Crippen LogP contribution >= 0.6 is 24.0 Å². The highest BCUT2D eigenvalue weighted by molar-refractivity contribution is 6.31. The van der Waals surface area contributed by atoms with Gasteiger partial charge in [-0.05, 0) is 25.3 Å². The van der Waals surface area contributed by atoms with E-state index in [-0.39, 0.29) is 24.4 Å². The van der Waals surface area contributed by atoms with Gasteiger partial charge in [-0.15, -0.1) is 12.4 Å². The Morgan fingerprint density at radius 2 is 2.23 bits per heavy atom. The van der Waals surface area contributed by atoms with Crippen molar-refractivity contribution in [3.8, 4) is 0 Å². The number of carbonyl (C=O) groups excluding carboxylic acids is 1. The third-order valence-electron chi connectivity index (χ3n) is 3.58. The number of hydrogen-bond donors (Lipinski definition) is 1. The highest BCUT2D eigenvalue weighted by Gasteiger charge is 2.22. The van der Waals surface area contributed by atoms with E-state index in [4.69, 9.17) is 17.3 Å². The summed E-state index contributed by atoms with van der Waals surface area (Å²) in [6.07, 6.45) is 4.19. The van der Waals surface area contributed by atoms with Gasteiger partial charge in [-0.3, -0.25) is 9.48 Å². The van der Waals surface area contributed by atoms with Crippen molar-refractivity contribution in [1.29, 1.82) is 0 Å². The Balaban J connectivity index is 0.00000242. The summed E-state index contributed by atoms with van der Waals surface area (Å²) in [7, 11) is 0. The smallest absolute Gasteiger partial charge is 0.246 e. The van der Waals surface area contributed by atoms with Crippen molar-refractivity contribution in [2.24, 2.45) is 11.7 Å². The summed E-state index contributed by atoms with van der Waals surface area (Å²) in [6.45, 7) is 8.25. The molecule has 1 aromatic heterocycles. The highest BCUT2D eigenvalue weighted by atomic mass is 35.5. The molecule has 124 valence electrons. The van der Waals surface area contributed by atoms with Crippen LogP contribution in [0.5, 0.6) is 0 Å². The normalized spacial score (nSPS) is 18.3. The molecule has 2 heterocycles. The largest absolute Gasteiger partial charge is 0.338 e. The summed E-state index contributed by atoms with van der Waals surface area (Å²) >= 11 is 6.34. The zero-order chi connectivity index (χ0) is 15.6. The maximum absolute atomic E-state index is 12.1. The van der Waals surface area contributed by atoms with Gasteiger partial charge in [0.1, 0.15) is 5.15 Å². The average molecular weight is 347 g/mol. The second kappa shape index (κ2) is 7.99. The Kier molecular flexibility index (Phi) is 6.91. The molecule has 1 aliphatic heterocycles. The van der Waals surface area contributed by atoms with Gasteiger partial charge in [-0.25, -0.2) is 0 Å². The molecule has 0 radical (unpaired) electrons. The highest BCUT2D eigenvalue weighted by Crippen LogP contribution is 2.22. The zero-order valence-corrected chi connectivity index (χ0v) is 14.8. The summed E-state index contributed by atoms with van der Waals surface area (Å²) in [5.41, 5.74) is 7.47. The maximum Gasteiger partial charge on any atom is 0.246 e. The Bertz CT molecular complexity index is 554. The van der Waals surface area contributed by atoms with Crippen LogP contribution in [0.2, 0.25) is 5.15 Å². The van der Waals surface area contributed by atoms with Gasteiger partial charge < -0.3 is 10.6 Å². The summed E-state index contributed by atoms with van der Waals surface area (Å²) in [5, 5.41) is 5.01. The van der Waals surface area contributed by atoms with Gasteiger partial charge in [0.15, 0.2) is 0 Å². The molecule has 2 N–H and O–H groups in total. The Hall–Kier alpha value is -1.04.